The minimum atomic E-state index is -0.620. The van der Waals surface area contributed by atoms with Crippen LogP contribution in [-0.2, 0) is 14.3 Å². The first kappa shape index (κ1) is 21.1. The molecule has 7 nitrogen and oxygen atoms in total. The number of hydrogen-bond donors (Lipinski definition) is 1. The van der Waals surface area contributed by atoms with Gasteiger partial charge in [0.2, 0.25) is 0 Å². The fourth-order valence-corrected chi connectivity index (χ4v) is 4.24. The van der Waals surface area contributed by atoms with E-state index < -0.39 is 5.97 Å². The molecule has 0 unspecified atom stereocenters. The molecule has 1 saturated carbocycles. The van der Waals surface area contributed by atoms with E-state index in [-0.39, 0.29) is 25.0 Å². The Morgan fingerprint density at radius 2 is 1.79 bits per heavy atom. The number of nitrogens with zero attached hydrogens (tertiary/aromatic N) is 1. The van der Waals surface area contributed by atoms with Crippen LogP contribution in [0.25, 0.3) is 0 Å². The third-order valence-electron chi connectivity index (χ3n) is 5.82. The number of esters is 1. The average molecular weight is 402 g/mol. The number of nitrogens with one attached hydrogen (secondary N) is 1. The lowest BCUT2D eigenvalue weighted by Crippen LogP contribution is -2.46. The van der Waals surface area contributed by atoms with Gasteiger partial charge >= 0.3 is 5.97 Å². The fourth-order valence-electron chi connectivity index (χ4n) is 4.24. The number of carbonyl (C=O) groups excluding carboxylic acids is 3. The number of benzene rings is 1. The highest BCUT2D eigenvalue weighted by Crippen LogP contribution is 2.35. The number of rotatable bonds is 7. The van der Waals surface area contributed by atoms with Gasteiger partial charge in [0.05, 0.1) is 6.61 Å². The van der Waals surface area contributed by atoms with E-state index >= 15 is 0 Å². The normalized spacial score (nSPS) is 21.1. The quantitative estimate of drug-likeness (QED) is 0.708. The third kappa shape index (κ3) is 5.95. The van der Waals surface area contributed by atoms with Crippen molar-refractivity contribution in [1.29, 1.82) is 0 Å². The number of carbonyl (C=O) groups is 3. The summed E-state index contributed by atoms with van der Waals surface area (Å²) in [5.74, 6) is 0.860. The highest BCUT2D eigenvalue weighted by atomic mass is 16.5. The summed E-state index contributed by atoms with van der Waals surface area (Å²) in [4.78, 5) is 38.2. The van der Waals surface area contributed by atoms with Crippen molar-refractivity contribution in [1.82, 2.24) is 10.2 Å². The first-order valence-electron chi connectivity index (χ1n) is 10.5. The summed E-state index contributed by atoms with van der Waals surface area (Å²) in [6, 6.07) is 6.66. The molecule has 1 aliphatic heterocycles. The lowest BCUT2D eigenvalue weighted by Gasteiger charge is -2.41. The molecule has 0 radical (unpaired) electrons. The Bertz CT molecular complexity index is 718. The van der Waals surface area contributed by atoms with Gasteiger partial charge < -0.3 is 19.7 Å². The van der Waals surface area contributed by atoms with Crippen LogP contribution in [0.3, 0.4) is 0 Å². The van der Waals surface area contributed by atoms with E-state index in [1.807, 2.05) is 11.8 Å². The standard InChI is InChI=1S/C22H30N2O5/c1-2-28-19-9-7-17(8-10-19)22(27)23-13-21(26)29-15-20(25)24-12-11-16-5-3-4-6-18(16)14-24/h7-10,16,18H,2-6,11-15H2,1H3,(H,23,27)/t16-,18+/m0/s1. The second-order valence-electron chi connectivity index (χ2n) is 7.73. The van der Waals surface area contributed by atoms with Crippen LogP contribution in [0.5, 0.6) is 5.75 Å². The maximum Gasteiger partial charge on any atom is 0.325 e. The maximum absolute atomic E-state index is 12.4. The summed E-state index contributed by atoms with van der Waals surface area (Å²) < 4.78 is 10.4. The van der Waals surface area contributed by atoms with Gasteiger partial charge in [-0.2, -0.15) is 0 Å². The van der Waals surface area contributed by atoms with Crippen LogP contribution in [0.1, 0.15) is 49.4 Å². The molecule has 158 valence electrons. The summed E-state index contributed by atoms with van der Waals surface area (Å²) in [7, 11) is 0. The van der Waals surface area contributed by atoms with Crippen molar-refractivity contribution in [2.45, 2.75) is 39.0 Å². The summed E-state index contributed by atoms with van der Waals surface area (Å²) in [6.07, 6.45) is 6.05. The van der Waals surface area contributed by atoms with Crippen LogP contribution >= 0.6 is 0 Å². The molecular formula is C22H30N2O5. The van der Waals surface area contributed by atoms with Crippen molar-refractivity contribution in [3.63, 3.8) is 0 Å². The SMILES string of the molecule is CCOc1ccc(C(=O)NCC(=O)OCC(=O)N2CC[C@@H]3CCCC[C@@H]3C2)cc1. The molecule has 1 saturated heterocycles. The number of hydrogen-bond acceptors (Lipinski definition) is 5. The van der Waals surface area contributed by atoms with Gasteiger partial charge in [-0.15, -0.1) is 0 Å². The minimum Gasteiger partial charge on any atom is -0.494 e. The Kier molecular flexibility index (Phi) is 7.49. The average Bonchev–Trinajstić information content (AvgIpc) is 2.76. The summed E-state index contributed by atoms with van der Waals surface area (Å²) in [5.41, 5.74) is 0.424. The topological polar surface area (TPSA) is 84.9 Å². The molecule has 2 atom stereocenters. The number of piperidine rings is 1. The minimum absolute atomic E-state index is 0.153. The Labute approximate surface area is 171 Å². The van der Waals surface area contributed by atoms with Gasteiger partial charge in [0.1, 0.15) is 12.3 Å². The highest BCUT2D eigenvalue weighted by molar-refractivity contribution is 5.96. The van der Waals surface area contributed by atoms with E-state index in [1.165, 1.54) is 25.7 Å². The number of fused-ring (bicyclic) bond motifs is 1. The summed E-state index contributed by atoms with van der Waals surface area (Å²) in [6.45, 7) is 3.41. The molecule has 2 amide bonds. The van der Waals surface area contributed by atoms with Gasteiger partial charge in [0.15, 0.2) is 6.61 Å². The van der Waals surface area contributed by atoms with Crippen LogP contribution < -0.4 is 10.1 Å². The van der Waals surface area contributed by atoms with Gasteiger partial charge in [-0.25, -0.2) is 0 Å². The Balaban J connectivity index is 1.37. The van der Waals surface area contributed by atoms with Crippen molar-refractivity contribution in [3.8, 4) is 5.75 Å². The van der Waals surface area contributed by atoms with Gasteiger partial charge in [-0.05, 0) is 55.9 Å². The van der Waals surface area contributed by atoms with Crippen LogP contribution in [0.4, 0.5) is 0 Å². The van der Waals surface area contributed by atoms with E-state index in [2.05, 4.69) is 5.32 Å². The molecule has 1 aliphatic carbocycles. The molecule has 0 bridgehead atoms. The van der Waals surface area contributed by atoms with E-state index in [9.17, 15) is 14.4 Å². The zero-order valence-corrected chi connectivity index (χ0v) is 17.0. The third-order valence-corrected chi connectivity index (χ3v) is 5.82. The zero-order chi connectivity index (χ0) is 20.6. The summed E-state index contributed by atoms with van der Waals surface area (Å²) >= 11 is 0. The van der Waals surface area contributed by atoms with Crippen molar-refractivity contribution < 1.29 is 23.9 Å². The highest BCUT2D eigenvalue weighted by Gasteiger charge is 2.33. The van der Waals surface area contributed by atoms with Crippen LogP contribution in [0.2, 0.25) is 0 Å². The van der Waals surface area contributed by atoms with Crippen molar-refractivity contribution in [2.75, 3.05) is 32.8 Å². The maximum atomic E-state index is 12.4. The molecule has 3 rings (SSSR count). The number of amides is 2. The van der Waals surface area contributed by atoms with Gasteiger partial charge in [-0.1, -0.05) is 19.3 Å². The molecule has 2 fully saturated rings. The molecule has 0 spiro atoms. The Hall–Kier alpha value is -2.57. The molecule has 1 heterocycles. The Morgan fingerprint density at radius 1 is 1.07 bits per heavy atom. The second kappa shape index (κ2) is 10.3. The predicted octanol–water partition coefficient (Wildman–Crippen LogP) is 2.40. The summed E-state index contributed by atoms with van der Waals surface area (Å²) in [5, 5.41) is 2.51. The van der Waals surface area contributed by atoms with Gasteiger partial charge in [0, 0.05) is 18.7 Å². The number of likely N-dealkylation sites (tertiary alicyclic amines) is 1. The number of ether oxygens (including phenoxy) is 2. The molecule has 2 aliphatic rings. The fraction of sp³-hybridized carbons (Fsp3) is 0.591. The second-order valence-corrected chi connectivity index (χ2v) is 7.73. The molecule has 1 N–H and O–H groups in total. The zero-order valence-electron chi connectivity index (χ0n) is 17.0. The lowest BCUT2D eigenvalue weighted by molar-refractivity contribution is -0.152. The van der Waals surface area contributed by atoms with Gasteiger partial charge in [0.25, 0.3) is 11.8 Å². The molecule has 7 heteroatoms. The molecule has 0 aromatic heterocycles. The van der Waals surface area contributed by atoms with Crippen molar-refractivity contribution >= 4 is 17.8 Å². The lowest BCUT2D eigenvalue weighted by atomic mass is 9.75. The first-order chi connectivity index (χ1) is 14.1. The van der Waals surface area contributed by atoms with E-state index in [0.29, 0.717) is 23.8 Å². The van der Waals surface area contributed by atoms with E-state index in [1.54, 1.807) is 24.3 Å². The Morgan fingerprint density at radius 3 is 2.52 bits per heavy atom. The molecule has 1 aromatic rings. The van der Waals surface area contributed by atoms with Crippen molar-refractivity contribution in [3.05, 3.63) is 29.8 Å². The smallest absolute Gasteiger partial charge is 0.325 e. The van der Waals surface area contributed by atoms with Crippen molar-refractivity contribution in [2.24, 2.45) is 11.8 Å². The van der Waals surface area contributed by atoms with Gasteiger partial charge in [-0.3, -0.25) is 14.4 Å². The van der Waals surface area contributed by atoms with Crippen LogP contribution in [0, 0.1) is 11.8 Å². The van der Waals surface area contributed by atoms with Crippen LogP contribution in [0.15, 0.2) is 24.3 Å². The molecule has 29 heavy (non-hydrogen) atoms. The molecule has 1 aromatic carbocycles. The monoisotopic (exact) mass is 402 g/mol. The largest absolute Gasteiger partial charge is 0.494 e. The van der Waals surface area contributed by atoms with E-state index in [4.69, 9.17) is 9.47 Å². The van der Waals surface area contributed by atoms with Crippen LogP contribution in [-0.4, -0.2) is 55.5 Å². The predicted molar refractivity (Wildman–Crippen MR) is 108 cm³/mol. The van der Waals surface area contributed by atoms with E-state index in [0.717, 1.165) is 25.4 Å². The molecular weight excluding hydrogens is 372 g/mol. The first-order valence-corrected chi connectivity index (χ1v) is 10.5.